The summed E-state index contributed by atoms with van der Waals surface area (Å²) in [5.41, 5.74) is 4.00. The van der Waals surface area contributed by atoms with Gasteiger partial charge in [0.15, 0.2) is 0 Å². The zero-order chi connectivity index (χ0) is 20.5. The van der Waals surface area contributed by atoms with Crippen LogP contribution in [0.15, 0.2) is 72.8 Å². The van der Waals surface area contributed by atoms with Crippen LogP contribution in [-0.4, -0.2) is 19.6 Å². The van der Waals surface area contributed by atoms with E-state index in [9.17, 15) is 4.79 Å². The smallest absolute Gasteiger partial charge is 0.341 e. The zero-order valence-corrected chi connectivity index (χ0v) is 17.0. The molecule has 0 aromatic heterocycles. The molecule has 3 aromatic rings. The van der Waals surface area contributed by atoms with Crippen molar-refractivity contribution in [3.8, 4) is 11.5 Å². The van der Waals surface area contributed by atoms with Gasteiger partial charge in [0, 0.05) is 6.54 Å². The molecule has 0 atom stereocenters. The Hall–Kier alpha value is -3.11. The Kier molecular flexibility index (Phi) is 7.42. The zero-order valence-electron chi connectivity index (χ0n) is 17.0. The molecule has 0 saturated heterocycles. The molecule has 4 nitrogen and oxygen atoms in total. The molecule has 0 aliphatic rings. The molecule has 0 aliphatic heterocycles. The highest BCUT2D eigenvalue weighted by molar-refractivity contribution is 5.92. The molecule has 0 unspecified atom stereocenters. The van der Waals surface area contributed by atoms with Crippen molar-refractivity contribution in [1.82, 2.24) is 5.32 Å². The number of carbonyl (C=O) groups excluding carboxylic acids is 1. The normalized spacial score (nSPS) is 10.6. The molecule has 3 rings (SSSR count). The maximum absolute atomic E-state index is 11.9. The van der Waals surface area contributed by atoms with E-state index in [4.69, 9.17) is 9.47 Å². The predicted molar refractivity (Wildman–Crippen MR) is 116 cm³/mol. The summed E-state index contributed by atoms with van der Waals surface area (Å²) in [5.74, 6) is 0.786. The SMILES string of the molecule is COC(=O)c1ccc(C)cc1Oc1ccc(CNCCCc2ccccc2)cc1. The fraction of sp³-hybridized carbons (Fsp3) is 0.240. The quantitative estimate of drug-likeness (QED) is 0.399. The van der Waals surface area contributed by atoms with Crippen molar-refractivity contribution in [2.75, 3.05) is 13.7 Å². The first-order chi connectivity index (χ1) is 14.2. The number of methoxy groups -OCH3 is 1. The third kappa shape index (κ3) is 6.19. The Balaban J connectivity index is 1.50. The van der Waals surface area contributed by atoms with Crippen LogP contribution < -0.4 is 10.1 Å². The van der Waals surface area contributed by atoms with Gasteiger partial charge in [-0.25, -0.2) is 4.79 Å². The molecule has 0 radical (unpaired) electrons. The highest BCUT2D eigenvalue weighted by Gasteiger charge is 2.14. The number of benzene rings is 3. The van der Waals surface area contributed by atoms with Gasteiger partial charge in [0.05, 0.1) is 7.11 Å². The van der Waals surface area contributed by atoms with Crippen molar-refractivity contribution >= 4 is 5.97 Å². The third-order valence-electron chi connectivity index (χ3n) is 4.68. The van der Waals surface area contributed by atoms with E-state index in [1.54, 1.807) is 6.07 Å². The van der Waals surface area contributed by atoms with Crippen LogP contribution in [0.2, 0.25) is 0 Å². The Morgan fingerprint density at radius 2 is 1.69 bits per heavy atom. The first-order valence-corrected chi connectivity index (χ1v) is 9.86. The summed E-state index contributed by atoms with van der Waals surface area (Å²) in [5, 5.41) is 3.48. The monoisotopic (exact) mass is 389 g/mol. The maximum atomic E-state index is 11.9. The van der Waals surface area contributed by atoms with Gasteiger partial charge in [0.1, 0.15) is 17.1 Å². The first-order valence-electron chi connectivity index (χ1n) is 9.86. The highest BCUT2D eigenvalue weighted by atomic mass is 16.5. The van der Waals surface area contributed by atoms with Gasteiger partial charge in [-0.05, 0) is 67.3 Å². The third-order valence-corrected chi connectivity index (χ3v) is 4.68. The van der Waals surface area contributed by atoms with Crippen LogP contribution in [0.4, 0.5) is 0 Å². The maximum Gasteiger partial charge on any atom is 0.341 e. The number of nitrogens with one attached hydrogen (secondary N) is 1. The van der Waals surface area contributed by atoms with Crippen LogP contribution in [0.1, 0.15) is 33.5 Å². The molecule has 29 heavy (non-hydrogen) atoms. The van der Waals surface area contributed by atoms with E-state index in [1.165, 1.54) is 18.2 Å². The second-order valence-corrected chi connectivity index (χ2v) is 7.00. The molecule has 0 bridgehead atoms. The minimum atomic E-state index is -0.406. The lowest BCUT2D eigenvalue weighted by molar-refractivity contribution is 0.0598. The molecule has 1 N–H and O–H groups in total. The van der Waals surface area contributed by atoms with E-state index in [1.807, 2.05) is 49.4 Å². The van der Waals surface area contributed by atoms with Gasteiger partial charge < -0.3 is 14.8 Å². The van der Waals surface area contributed by atoms with Crippen molar-refractivity contribution in [2.24, 2.45) is 0 Å². The number of ether oxygens (including phenoxy) is 2. The molecule has 0 aliphatic carbocycles. The van der Waals surface area contributed by atoms with Crippen molar-refractivity contribution in [1.29, 1.82) is 0 Å². The van der Waals surface area contributed by atoms with Gasteiger partial charge >= 0.3 is 5.97 Å². The number of hydrogen-bond acceptors (Lipinski definition) is 4. The van der Waals surface area contributed by atoms with Gasteiger partial charge in [-0.15, -0.1) is 0 Å². The van der Waals surface area contributed by atoms with E-state index in [0.717, 1.165) is 31.5 Å². The van der Waals surface area contributed by atoms with Crippen LogP contribution in [-0.2, 0) is 17.7 Å². The lowest BCUT2D eigenvalue weighted by Crippen LogP contribution is -2.15. The fourth-order valence-electron chi connectivity index (χ4n) is 3.09. The van der Waals surface area contributed by atoms with Crippen LogP contribution in [0.3, 0.4) is 0 Å². The summed E-state index contributed by atoms with van der Waals surface area (Å²) >= 11 is 0. The summed E-state index contributed by atoms with van der Waals surface area (Å²) in [6.45, 7) is 3.74. The molecule has 3 aromatic carbocycles. The van der Waals surface area contributed by atoms with Gasteiger partial charge in [-0.1, -0.05) is 48.5 Å². The predicted octanol–water partition coefficient (Wildman–Crippen LogP) is 5.30. The van der Waals surface area contributed by atoms with E-state index < -0.39 is 5.97 Å². The van der Waals surface area contributed by atoms with Gasteiger partial charge in [-0.2, -0.15) is 0 Å². The number of esters is 1. The second-order valence-electron chi connectivity index (χ2n) is 7.00. The lowest BCUT2D eigenvalue weighted by atomic mass is 10.1. The van der Waals surface area contributed by atoms with Crippen LogP contribution in [0.5, 0.6) is 11.5 Å². The Labute approximate surface area is 172 Å². The molecule has 0 saturated carbocycles. The van der Waals surface area contributed by atoms with Crippen molar-refractivity contribution in [3.63, 3.8) is 0 Å². The minimum Gasteiger partial charge on any atom is -0.465 e. The van der Waals surface area contributed by atoms with E-state index in [0.29, 0.717) is 17.1 Å². The van der Waals surface area contributed by atoms with E-state index in [2.05, 4.69) is 29.6 Å². The van der Waals surface area contributed by atoms with Gasteiger partial charge in [-0.3, -0.25) is 0 Å². The average Bonchev–Trinajstić information content (AvgIpc) is 2.75. The van der Waals surface area contributed by atoms with Gasteiger partial charge in [0.2, 0.25) is 0 Å². The number of aryl methyl sites for hydroxylation is 2. The van der Waals surface area contributed by atoms with Crippen molar-refractivity contribution in [3.05, 3.63) is 95.1 Å². The van der Waals surface area contributed by atoms with Crippen molar-refractivity contribution < 1.29 is 14.3 Å². The Morgan fingerprint density at radius 3 is 2.41 bits per heavy atom. The van der Waals surface area contributed by atoms with E-state index >= 15 is 0 Å². The molecular weight excluding hydrogens is 362 g/mol. The second kappa shape index (κ2) is 10.4. The lowest BCUT2D eigenvalue weighted by Gasteiger charge is -2.11. The molecular formula is C25H27NO3. The first kappa shape index (κ1) is 20.6. The van der Waals surface area contributed by atoms with Gasteiger partial charge in [0.25, 0.3) is 0 Å². The molecule has 0 fully saturated rings. The van der Waals surface area contributed by atoms with E-state index in [-0.39, 0.29) is 0 Å². The van der Waals surface area contributed by atoms with Crippen LogP contribution in [0.25, 0.3) is 0 Å². The molecule has 0 heterocycles. The summed E-state index contributed by atoms with van der Waals surface area (Å²) in [4.78, 5) is 11.9. The van der Waals surface area contributed by atoms with Crippen LogP contribution >= 0.6 is 0 Å². The number of carbonyl (C=O) groups is 1. The standard InChI is InChI=1S/C25H27NO3/c1-19-10-15-23(25(27)28-2)24(17-19)29-22-13-11-21(12-14-22)18-26-16-6-9-20-7-4-3-5-8-20/h3-5,7-8,10-15,17,26H,6,9,16,18H2,1-2H3. The summed E-state index contributed by atoms with van der Waals surface area (Å²) in [6.07, 6.45) is 2.19. The highest BCUT2D eigenvalue weighted by Crippen LogP contribution is 2.27. The Bertz CT molecular complexity index is 921. The molecule has 150 valence electrons. The summed E-state index contributed by atoms with van der Waals surface area (Å²) < 4.78 is 10.8. The summed E-state index contributed by atoms with van der Waals surface area (Å²) in [6, 6.07) is 23.9. The van der Waals surface area contributed by atoms with Crippen LogP contribution in [0, 0.1) is 6.92 Å². The largest absolute Gasteiger partial charge is 0.465 e. The average molecular weight is 389 g/mol. The number of hydrogen-bond donors (Lipinski definition) is 1. The molecule has 0 spiro atoms. The fourth-order valence-corrected chi connectivity index (χ4v) is 3.09. The summed E-state index contributed by atoms with van der Waals surface area (Å²) in [7, 11) is 1.37. The van der Waals surface area contributed by atoms with Crippen molar-refractivity contribution in [2.45, 2.75) is 26.3 Å². The molecule has 4 heteroatoms. The molecule has 0 amide bonds. The Morgan fingerprint density at radius 1 is 0.931 bits per heavy atom. The topological polar surface area (TPSA) is 47.6 Å². The number of rotatable bonds is 9. The minimum absolute atomic E-state index is 0.406.